The van der Waals surface area contributed by atoms with Crippen molar-refractivity contribution in [2.75, 3.05) is 6.54 Å². The van der Waals surface area contributed by atoms with E-state index in [1.807, 2.05) is 30.3 Å². The van der Waals surface area contributed by atoms with Crippen molar-refractivity contribution >= 4 is 11.9 Å². The Hall–Kier alpha value is -1.88. The minimum absolute atomic E-state index is 0.00219. The van der Waals surface area contributed by atoms with E-state index in [1.54, 1.807) is 11.8 Å². The Bertz CT molecular complexity index is 504. The topological polar surface area (TPSA) is 83.6 Å². The maximum atomic E-state index is 12.2. The summed E-state index contributed by atoms with van der Waals surface area (Å²) in [4.78, 5) is 25.0. The molecule has 0 bridgehead atoms. The Morgan fingerprint density at radius 2 is 2.05 bits per heavy atom. The van der Waals surface area contributed by atoms with Gasteiger partial charge in [0.15, 0.2) is 0 Å². The lowest BCUT2D eigenvalue weighted by Gasteiger charge is -2.24. The van der Waals surface area contributed by atoms with Gasteiger partial charge in [-0.3, -0.25) is 9.59 Å². The molecule has 0 aliphatic carbocycles. The SMILES string of the molecule is CC1C(C(=O)O)CCN1C(=O)CCC(N)c1ccccc1. The summed E-state index contributed by atoms with van der Waals surface area (Å²) in [6.07, 6.45) is 1.46. The number of carboxylic acid groups (broad SMARTS) is 1. The van der Waals surface area contributed by atoms with Gasteiger partial charge >= 0.3 is 5.97 Å². The number of amides is 1. The molecule has 3 N–H and O–H groups in total. The summed E-state index contributed by atoms with van der Waals surface area (Å²) < 4.78 is 0. The quantitative estimate of drug-likeness (QED) is 0.866. The van der Waals surface area contributed by atoms with Gasteiger partial charge in [0.25, 0.3) is 0 Å². The van der Waals surface area contributed by atoms with Crippen LogP contribution in [0.25, 0.3) is 0 Å². The lowest BCUT2D eigenvalue weighted by atomic mass is 10.0. The normalized spacial score (nSPS) is 23.0. The van der Waals surface area contributed by atoms with Gasteiger partial charge in [-0.1, -0.05) is 30.3 Å². The molecule has 2 rings (SSSR count). The number of rotatable bonds is 5. The van der Waals surface area contributed by atoms with E-state index in [0.29, 0.717) is 25.8 Å². The molecular formula is C16H22N2O3. The van der Waals surface area contributed by atoms with Gasteiger partial charge in [-0.2, -0.15) is 0 Å². The van der Waals surface area contributed by atoms with Gasteiger partial charge in [-0.15, -0.1) is 0 Å². The number of nitrogens with zero attached hydrogens (tertiary/aromatic N) is 1. The highest BCUT2D eigenvalue weighted by molar-refractivity contribution is 5.79. The Morgan fingerprint density at radius 3 is 2.62 bits per heavy atom. The van der Waals surface area contributed by atoms with Crippen molar-refractivity contribution in [3.8, 4) is 0 Å². The highest BCUT2D eigenvalue weighted by Crippen LogP contribution is 2.26. The maximum Gasteiger partial charge on any atom is 0.308 e. The van der Waals surface area contributed by atoms with Crippen LogP contribution in [0.15, 0.2) is 30.3 Å². The van der Waals surface area contributed by atoms with Crippen molar-refractivity contribution in [3.05, 3.63) is 35.9 Å². The van der Waals surface area contributed by atoms with Crippen LogP contribution in [-0.4, -0.2) is 34.5 Å². The molecule has 5 nitrogen and oxygen atoms in total. The van der Waals surface area contributed by atoms with Gasteiger partial charge in [-0.25, -0.2) is 0 Å². The van der Waals surface area contributed by atoms with Gasteiger partial charge in [0, 0.05) is 25.0 Å². The number of aliphatic carboxylic acids is 1. The second-order valence-corrected chi connectivity index (χ2v) is 5.62. The standard InChI is InChI=1S/C16H22N2O3/c1-11-13(16(20)21)9-10-18(11)15(19)8-7-14(17)12-5-3-2-4-6-12/h2-6,11,13-14H,7-10,17H2,1H3,(H,20,21). The van der Waals surface area contributed by atoms with Crippen LogP contribution < -0.4 is 5.73 Å². The van der Waals surface area contributed by atoms with E-state index < -0.39 is 11.9 Å². The first-order valence-electron chi connectivity index (χ1n) is 7.33. The Morgan fingerprint density at radius 1 is 1.38 bits per heavy atom. The molecule has 21 heavy (non-hydrogen) atoms. The average Bonchev–Trinajstić information content (AvgIpc) is 2.87. The van der Waals surface area contributed by atoms with E-state index in [1.165, 1.54) is 0 Å². The van der Waals surface area contributed by atoms with E-state index in [4.69, 9.17) is 10.8 Å². The number of carbonyl (C=O) groups is 2. The van der Waals surface area contributed by atoms with E-state index in [-0.39, 0.29) is 18.0 Å². The van der Waals surface area contributed by atoms with Gasteiger partial charge in [0.1, 0.15) is 0 Å². The van der Waals surface area contributed by atoms with E-state index in [2.05, 4.69) is 0 Å². The number of hydrogen-bond donors (Lipinski definition) is 2. The second kappa shape index (κ2) is 6.72. The van der Waals surface area contributed by atoms with Gasteiger partial charge in [0.05, 0.1) is 5.92 Å². The molecule has 0 aromatic heterocycles. The number of hydrogen-bond acceptors (Lipinski definition) is 3. The molecule has 5 heteroatoms. The zero-order chi connectivity index (χ0) is 15.4. The summed E-state index contributed by atoms with van der Waals surface area (Å²) in [7, 11) is 0. The summed E-state index contributed by atoms with van der Waals surface area (Å²) in [5, 5.41) is 9.09. The predicted octanol–water partition coefficient (Wildman–Crippen LogP) is 1.79. The molecule has 1 fully saturated rings. The first-order valence-corrected chi connectivity index (χ1v) is 7.33. The lowest BCUT2D eigenvalue weighted by molar-refractivity contribution is -0.143. The molecule has 0 saturated carbocycles. The predicted molar refractivity (Wildman–Crippen MR) is 79.5 cm³/mol. The van der Waals surface area contributed by atoms with Crippen molar-refractivity contribution in [3.63, 3.8) is 0 Å². The number of benzene rings is 1. The third-order valence-electron chi connectivity index (χ3n) is 4.29. The third kappa shape index (κ3) is 3.61. The molecule has 0 radical (unpaired) electrons. The Balaban J connectivity index is 1.87. The fourth-order valence-corrected chi connectivity index (χ4v) is 2.91. The molecule has 1 aliphatic heterocycles. The van der Waals surface area contributed by atoms with Crippen LogP contribution in [0.1, 0.15) is 37.8 Å². The van der Waals surface area contributed by atoms with Gasteiger partial charge in [0.2, 0.25) is 5.91 Å². The molecule has 3 atom stereocenters. The van der Waals surface area contributed by atoms with Crippen LogP contribution in [0.3, 0.4) is 0 Å². The summed E-state index contributed by atoms with van der Waals surface area (Å²) in [5.74, 6) is -1.27. The first-order chi connectivity index (χ1) is 10.0. The minimum atomic E-state index is -0.821. The second-order valence-electron chi connectivity index (χ2n) is 5.62. The molecule has 1 saturated heterocycles. The molecular weight excluding hydrogens is 268 g/mol. The number of likely N-dealkylation sites (tertiary alicyclic amines) is 1. The molecule has 3 unspecified atom stereocenters. The Kier molecular flexibility index (Phi) is 4.96. The highest BCUT2D eigenvalue weighted by Gasteiger charge is 2.37. The number of carbonyl (C=O) groups excluding carboxylic acids is 1. The lowest BCUT2D eigenvalue weighted by Crippen LogP contribution is -2.37. The van der Waals surface area contributed by atoms with Gasteiger partial charge in [-0.05, 0) is 25.3 Å². The highest BCUT2D eigenvalue weighted by atomic mass is 16.4. The number of carboxylic acids is 1. The van der Waals surface area contributed by atoms with E-state index in [0.717, 1.165) is 5.56 Å². The van der Waals surface area contributed by atoms with Crippen molar-refractivity contribution in [1.82, 2.24) is 4.90 Å². The minimum Gasteiger partial charge on any atom is -0.481 e. The summed E-state index contributed by atoms with van der Waals surface area (Å²) in [6, 6.07) is 9.29. The molecule has 0 spiro atoms. The largest absolute Gasteiger partial charge is 0.481 e. The van der Waals surface area contributed by atoms with Crippen molar-refractivity contribution in [1.29, 1.82) is 0 Å². The van der Waals surface area contributed by atoms with Crippen LogP contribution >= 0.6 is 0 Å². The van der Waals surface area contributed by atoms with Crippen LogP contribution in [0.5, 0.6) is 0 Å². The zero-order valence-corrected chi connectivity index (χ0v) is 12.2. The van der Waals surface area contributed by atoms with Crippen LogP contribution in [0.4, 0.5) is 0 Å². The van der Waals surface area contributed by atoms with E-state index >= 15 is 0 Å². The first kappa shape index (κ1) is 15.5. The summed E-state index contributed by atoms with van der Waals surface area (Å²) in [5.41, 5.74) is 7.10. The number of nitrogens with two attached hydrogens (primary N) is 1. The summed E-state index contributed by atoms with van der Waals surface area (Å²) in [6.45, 7) is 2.33. The van der Waals surface area contributed by atoms with Crippen LogP contribution in [0.2, 0.25) is 0 Å². The van der Waals surface area contributed by atoms with Crippen LogP contribution in [-0.2, 0) is 9.59 Å². The monoisotopic (exact) mass is 290 g/mol. The average molecular weight is 290 g/mol. The molecule has 1 amide bonds. The summed E-state index contributed by atoms with van der Waals surface area (Å²) >= 11 is 0. The molecule has 1 aliphatic rings. The van der Waals surface area contributed by atoms with E-state index in [9.17, 15) is 9.59 Å². The fraction of sp³-hybridized carbons (Fsp3) is 0.500. The molecule has 114 valence electrons. The fourth-order valence-electron chi connectivity index (χ4n) is 2.91. The Labute approximate surface area is 124 Å². The molecule has 1 aromatic carbocycles. The smallest absolute Gasteiger partial charge is 0.308 e. The third-order valence-corrected chi connectivity index (χ3v) is 4.29. The van der Waals surface area contributed by atoms with Crippen LogP contribution in [0, 0.1) is 5.92 Å². The van der Waals surface area contributed by atoms with Crippen molar-refractivity contribution in [2.24, 2.45) is 11.7 Å². The van der Waals surface area contributed by atoms with Crippen molar-refractivity contribution < 1.29 is 14.7 Å². The maximum absolute atomic E-state index is 12.2. The van der Waals surface area contributed by atoms with Gasteiger partial charge < -0.3 is 15.7 Å². The molecule has 1 aromatic rings. The van der Waals surface area contributed by atoms with Crippen molar-refractivity contribution in [2.45, 2.75) is 38.3 Å². The molecule has 1 heterocycles. The zero-order valence-electron chi connectivity index (χ0n) is 12.2.